The standard InChI is InChI=1S/C17H21BrN2O4S3/c1-3-20(4-2)27(23,24)16-9-10-17(19-13-16)25-11-12-26(21,22)15-7-5-14(18)6-8-15/h5-10,13H,3-4,11-12H2,1-2H3. The van der Waals surface area contributed by atoms with Gasteiger partial charge in [-0.25, -0.2) is 21.8 Å². The zero-order valence-electron chi connectivity index (χ0n) is 15.0. The highest BCUT2D eigenvalue weighted by Gasteiger charge is 2.22. The maximum Gasteiger partial charge on any atom is 0.244 e. The predicted octanol–water partition coefficient (Wildman–Crippen LogP) is 3.44. The molecule has 148 valence electrons. The van der Waals surface area contributed by atoms with E-state index in [2.05, 4.69) is 20.9 Å². The number of thioether (sulfide) groups is 1. The molecule has 0 saturated carbocycles. The second kappa shape index (κ2) is 9.51. The van der Waals surface area contributed by atoms with E-state index < -0.39 is 19.9 Å². The van der Waals surface area contributed by atoms with Crippen LogP contribution in [0.3, 0.4) is 0 Å². The number of halogens is 1. The van der Waals surface area contributed by atoms with Crippen LogP contribution in [0.1, 0.15) is 13.8 Å². The first kappa shape index (κ1) is 22.4. The molecule has 0 atom stereocenters. The highest BCUT2D eigenvalue weighted by molar-refractivity contribution is 9.10. The molecule has 1 aromatic heterocycles. The van der Waals surface area contributed by atoms with Gasteiger partial charge in [-0.1, -0.05) is 29.8 Å². The fraction of sp³-hybridized carbons (Fsp3) is 0.353. The lowest BCUT2D eigenvalue weighted by atomic mass is 10.4. The van der Waals surface area contributed by atoms with Gasteiger partial charge in [0.1, 0.15) is 4.90 Å². The van der Waals surface area contributed by atoms with Crippen LogP contribution in [0.25, 0.3) is 0 Å². The summed E-state index contributed by atoms with van der Waals surface area (Å²) in [4.78, 5) is 4.57. The molecule has 0 aliphatic carbocycles. The minimum absolute atomic E-state index is 0.0273. The van der Waals surface area contributed by atoms with Crippen LogP contribution in [0.5, 0.6) is 0 Å². The molecule has 0 radical (unpaired) electrons. The molecule has 0 unspecified atom stereocenters. The fourth-order valence-electron chi connectivity index (χ4n) is 2.33. The normalized spacial score (nSPS) is 12.4. The van der Waals surface area contributed by atoms with Crippen molar-refractivity contribution in [3.05, 3.63) is 47.1 Å². The van der Waals surface area contributed by atoms with Gasteiger partial charge in [0, 0.05) is 29.5 Å². The molecule has 0 amide bonds. The molecular formula is C17H21BrN2O4S3. The zero-order valence-corrected chi connectivity index (χ0v) is 19.0. The molecule has 2 aromatic rings. The first-order chi connectivity index (χ1) is 12.7. The van der Waals surface area contributed by atoms with Crippen LogP contribution >= 0.6 is 27.7 Å². The van der Waals surface area contributed by atoms with Gasteiger partial charge in [0.05, 0.1) is 15.7 Å². The molecule has 1 aromatic carbocycles. The lowest BCUT2D eigenvalue weighted by Gasteiger charge is -2.18. The summed E-state index contributed by atoms with van der Waals surface area (Å²) >= 11 is 4.56. The van der Waals surface area contributed by atoms with Crippen molar-refractivity contribution in [2.24, 2.45) is 0 Å². The Morgan fingerprint density at radius 2 is 1.56 bits per heavy atom. The van der Waals surface area contributed by atoms with Crippen LogP contribution in [-0.4, -0.2) is 50.7 Å². The van der Waals surface area contributed by atoms with Gasteiger partial charge in [-0.3, -0.25) is 0 Å². The minimum Gasteiger partial charge on any atom is -0.249 e. The van der Waals surface area contributed by atoms with Crippen LogP contribution in [0.2, 0.25) is 0 Å². The number of sulfonamides is 1. The monoisotopic (exact) mass is 492 g/mol. The maximum absolute atomic E-state index is 12.4. The summed E-state index contributed by atoms with van der Waals surface area (Å²) in [5.74, 6) is 0.300. The molecular weight excluding hydrogens is 472 g/mol. The topological polar surface area (TPSA) is 84.4 Å². The number of hydrogen-bond donors (Lipinski definition) is 0. The molecule has 1 heterocycles. The number of sulfone groups is 1. The number of benzene rings is 1. The van der Waals surface area contributed by atoms with E-state index in [0.29, 0.717) is 23.9 Å². The predicted molar refractivity (Wildman–Crippen MR) is 111 cm³/mol. The molecule has 0 aliphatic rings. The van der Waals surface area contributed by atoms with Crippen LogP contribution < -0.4 is 0 Å². The second-order valence-corrected chi connectivity index (χ2v) is 11.6. The van der Waals surface area contributed by atoms with Crippen molar-refractivity contribution in [1.29, 1.82) is 0 Å². The zero-order chi connectivity index (χ0) is 20.1. The average Bonchev–Trinajstić information content (AvgIpc) is 2.63. The molecule has 0 bridgehead atoms. The van der Waals surface area contributed by atoms with E-state index in [-0.39, 0.29) is 15.5 Å². The van der Waals surface area contributed by atoms with E-state index in [9.17, 15) is 16.8 Å². The Morgan fingerprint density at radius 1 is 0.963 bits per heavy atom. The number of hydrogen-bond acceptors (Lipinski definition) is 6. The largest absolute Gasteiger partial charge is 0.249 e. The highest BCUT2D eigenvalue weighted by atomic mass is 79.9. The fourth-order valence-corrected chi connectivity index (χ4v) is 6.50. The van der Waals surface area contributed by atoms with Crippen molar-refractivity contribution in [2.75, 3.05) is 24.6 Å². The summed E-state index contributed by atoms with van der Waals surface area (Å²) in [5, 5.41) is 0.583. The molecule has 0 aliphatic heterocycles. The van der Waals surface area contributed by atoms with Gasteiger partial charge in [-0.15, -0.1) is 11.8 Å². The lowest BCUT2D eigenvalue weighted by Crippen LogP contribution is -2.30. The van der Waals surface area contributed by atoms with Crippen molar-refractivity contribution in [2.45, 2.75) is 28.7 Å². The SMILES string of the molecule is CCN(CC)S(=O)(=O)c1ccc(SCCS(=O)(=O)c2ccc(Br)cc2)nc1. The molecule has 0 spiro atoms. The quantitative estimate of drug-likeness (QED) is 0.498. The Kier molecular flexibility index (Phi) is 7.87. The van der Waals surface area contributed by atoms with Crippen molar-refractivity contribution in [3.8, 4) is 0 Å². The van der Waals surface area contributed by atoms with E-state index in [0.717, 1.165) is 4.47 Å². The molecule has 0 fully saturated rings. The first-order valence-electron chi connectivity index (χ1n) is 8.28. The summed E-state index contributed by atoms with van der Waals surface area (Å²) < 4.78 is 51.7. The van der Waals surface area contributed by atoms with Gasteiger partial charge in [-0.2, -0.15) is 4.31 Å². The lowest BCUT2D eigenvalue weighted by molar-refractivity contribution is 0.445. The minimum atomic E-state index is -3.54. The molecule has 2 rings (SSSR count). The van der Waals surface area contributed by atoms with E-state index in [1.54, 1.807) is 44.2 Å². The van der Waals surface area contributed by atoms with Gasteiger partial charge in [0.25, 0.3) is 0 Å². The number of nitrogens with zero attached hydrogens (tertiary/aromatic N) is 2. The van der Waals surface area contributed by atoms with Crippen molar-refractivity contribution in [3.63, 3.8) is 0 Å². The summed E-state index contributed by atoms with van der Waals surface area (Å²) in [6.45, 7) is 4.35. The number of aromatic nitrogens is 1. The summed E-state index contributed by atoms with van der Waals surface area (Å²) in [6, 6.07) is 9.62. The number of pyridine rings is 1. The Labute approximate surface area is 173 Å². The van der Waals surface area contributed by atoms with Gasteiger partial charge in [0.15, 0.2) is 9.84 Å². The third kappa shape index (κ3) is 5.77. The van der Waals surface area contributed by atoms with Gasteiger partial charge >= 0.3 is 0 Å². The summed E-state index contributed by atoms with van der Waals surface area (Å²) in [6.07, 6.45) is 1.32. The van der Waals surface area contributed by atoms with Gasteiger partial charge in [-0.05, 0) is 36.4 Å². The van der Waals surface area contributed by atoms with Crippen molar-refractivity contribution in [1.82, 2.24) is 9.29 Å². The van der Waals surface area contributed by atoms with Crippen LogP contribution in [0.4, 0.5) is 0 Å². The first-order valence-corrected chi connectivity index (χ1v) is 13.1. The third-order valence-electron chi connectivity index (χ3n) is 3.83. The average molecular weight is 493 g/mol. The molecule has 6 nitrogen and oxygen atoms in total. The smallest absolute Gasteiger partial charge is 0.244 e. The van der Waals surface area contributed by atoms with Gasteiger partial charge in [0.2, 0.25) is 10.0 Å². The Bertz CT molecular complexity index is 956. The van der Waals surface area contributed by atoms with Crippen LogP contribution in [0, 0.1) is 0 Å². The van der Waals surface area contributed by atoms with Crippen molar-refractivity contribution < 1.29 is 16.8 Å². The van der Waals surface area contributed by atoms with Gasteiger partial charge < -0.3 is 0 Å². The summed E-state index contributed by atoms with van der Waals surface area (Å²) in [5.41, 5.74) is 0. The Hall–Kier alpha value is -0.940. The van der Waals surface area contributed by atoms with E-state index >= 15 is 0 Å². The van der Waals surface area contributed by atoms with Crippen LogP contribution in [-0.2, 0) is 19.9 Å². The Balaban J connectivity index is 2.00. The van der Waals surface area contributed by atoms with Crippen molar-refractivity contribution >= 4 is 47.6 Å². The second-order valence-electron chi connectivity index (χ2n) is 5.54. The number of rotatable bonds is 9. The molecule has 10 heteroatoms. The maximum atomic E-state index is 12.4. The Morgan fingerprint density at radius 3 is 2.07 bits per heavy atom. The van der Waals surface area contributed by atoms with E-state index in [1.807, 2.05) is 0 Å². The highest BCUT2D eigenvalue weighted by Crippen LogP contribution is 2.22. The van der Waals surface area contributed by atoms with E-state index in [1.165, 1.54) is 28.3 Å². The molecule has 0 saturated heterocycles. The molecule has 0 N–H and O–H groups in total. The molecule has 27 heavy (non-hydrogen) atoms. The van der Waals surface area contributed by atoms with E-state index in [4.69, 9.17) is 0 Å². The summed E-state index contributed by atoms with van der Waals surface area (Å²) in [7, 11) is -6.91. The van der Waals surface area contributed by atoms with Crippen LogP contribution in [0.15, 0.2) is 61.9 Å². The third-order valence-corrected chi connectivity index (χ3v) is 9.33.